The zero-order valence-corrected chi connectivity index (χ0v) is 28.4. The van der Waals surface area contributed by atoms with Crippen LogP contribution in [0.15, 0.2) is 72.8 Å². The fraction of sp³-hybridized carbons (Fsp3) is 0.250. The summed E-state index contributed by atoms with van der Waals surface area (Å²) in [5, 5.41) is 18.9. The van der Waals surface area contributed by atoms with E-state index in [1.807, 2.05) is 0 Å². The molecule has 3 amide bonds. The molecule has 0 saturated heterocycles. The van der Waals surface area contributed by atoms with Gasteiger partial charge in [0.05, 0.1) is 18.4 Å². The molecule has 3 aromatic carbocycles. The van der Waals surface area contributed by atoms with Crippen LogP contribution in [0.1, 0.15) is 47.1 Å². The minimum Gasteiger partial charge on any atom is -0.496 e. The van der Waals surface area contributed by atoms with Gasteiger partial charge in [-0.1, -0.05) is 35.9 Å². The van der Waals surface area contributed by atoms with Gasteiger partial charge in [-0.2, -0.15) is 5.26 Å². The molecule has 254 valence electrons. The number of ether oxygens (including phenoxy) is 4. The van der Waals surface area contributed by atoms with Gasteiger partial charge in [0.15, 0.2) is 12.6 Å². The Balaban J connectivity index is 1.73. The SMILES string of the molecule is COCOc1cc(Cl)ccc1-c1cc(-c2cccc(C(=O)NCCNC(=O)OC(C)(C)C)c2)c(C#N)c(NC(=O)c2ccccc2OC)n1. The molecule has 0 aliphatic rings. The van der Waals surface area contributed by atoms with Gasteiger partial charge in [0.2, 0.25) is 0 Å². The number of hydrogen-bond donors (Lipinski definition) is 3. The number of methoxy groups -OCH3 is 2. The zero-order chi connectivity index (χ0) is 35.6. The average molecular weight is 686 g/mol. The number of rotatable bonds is 12. The quantitative estimate of drug-likeness (QED) is 0.113. The van der Waals surface area contributed by atoms with Crippen molar-refractivity contribution in [3.8, 4) is 40.0 Å². The minimum absolute atomic E-state index is 0.0263. The van der Waals surface area contributed by atoms with Gasteiger partial charge in [-0.25, -0.2) is 9.78 Å². The van der Waals surface area contributed by atoms with Crippen molar-refractivity contribution in [3.63, 3.8) is 0 Å². The maximum absolute atomic E-state index is 13.5. The number of carbonyl (C=O) groups is 3. The Hall–Kier alpha value is -5.64. The predicted molar refractivity (Wildman–Crippen MR) is 185 cm³/mol. The number of nitriles is 1. The van der Waals surface area contributed by atoms with Crippen molar-refractivity contribution in [2.24, 2.45) is 0 Å². The Morgan fingerprint density at radius 3 is 2.35 bits per heavy atom. The molecule has 0 aliphatic carbocycles. The Labute approximate surface area is 289 Å². The summed E-state index contributed by atoms with van der Waals surface area (Å²) in [4.78, 5) is 43.2. The Bertz CT molecular complexity index is 1880. The molecule has 4 aromatic rings. The molecule has 3 N–H and O–H groups in total. The van der Waals surface area contributed by atoms with Crippen LogP contribution in [0.4, 0.5) is 10.6 Å². The van der Waals surface area contributed by atoms with E-state index in [2.05, 4.69) is 27.0 Å². The average Bonchev–Trinajstić information content (AvgIpc) is 3.08. The van der Waals surface area contributed by atoms with Crippen molar-refractivity contribution in [3.05, 3.63) is 94.5 Å². The summed E-state index contributed by atoms with van der Waals surface area (Å²) in [5.41, 5.74) is 1.68. The number of halogens is 1. The van der Waals surface area contributed by atoms with E-state index >= 15 is 0 Å². The number of nitrogens with zero attached hydrogens (tertiary/aromatic N) is 2. The number of hydrogen-bond acceptors (Lipinski definition) is 9. The highest BCUT2D eigenvalue weighted by Gasteiger charge is 2.22. The van der Waals surface area contributed by atoms with E-state index in [4.69, 9.17) is 30.5 Å². The number of anilines is 1. The third-order valence-corrected chi connectivity index (χ3v) is 7.02. The highest BCUT2D eigenvalue weighted by atomic mass is 35.5. The molecule has 0 fully saturated rings. The van der Waals surface area contributed by atoms with Gasteiger partial charge in [0.1, 0.15) is 28.7 Å². The monoisotopic (exact) mass is 685 g/mol. The summed E-state index contributed by atoms with van der Waals surface area (Å²) in [7, 11) is 2.93. The molecule has 0 saturated carbocycles. The number of alkyl carbamates (subject to hydrolysis) is 1. The first kappa shape index (κ1) is 36.2. The minimum atomic E-state index is -0.647. The molecular weight excluding hydrogens is 650 g/mol. The van der Waals surface area contributed by atoms with E-state index in [0.29, 0.717) is 44.5 Å². The first-order valence-electron chi connectivity index (χ1n) is 15.1. The number of benzene rings is 3. The molecule has 0 radical (unpaired) electrons. The van der Waals surface area contributed by atoms with Crippen LogP contribution in [-0.2, 0) is 9.47 Å². The van der Waals surface area contributed by atoms with Crippen LogP contribution in [0.25, 0.3) is 22.4 Å². The molecule has 13 heteroatoms. The van der Waals surface area contributed by atoms with Crippen LogP contribution >= 0.6 is 11.6 Å². The summed E-state index contributed by atoms with van der Waals surface area (Å²) in [6, 6.07) is 22.1. The standard InChI is InChI=1S/C36H36ClN5O7/c1-36(2,3)49-35(45)40-16-15-39-33(43)23-10-8-9-22(17-23)27-19-29(25-14-13-24(37)18-31(25)48-21-46-4)41-32(28(27)20-38)42-34(44)26-11-6-7-12-30(26)47-5/h6-14,17-19H,15-16,21H2,1-5H3,(H,39,43)(H,40,45)(H,41,42,44). The fourth-order valence-electron chi connectivity index (χ4n) is 4.66. The van der Waals surface area contributed by atoms with Crippen molar-refractivity contribution in [2.75, 3.05) is 39.4 Å². The van der Waals surface area contributed by atoms with Gasteiger partial charge >= 0.3 is 6.09 Å². The van der Waals surface area contributed by atoms with Crippen LogP contribution in [0.3, 0.4) is 0 Å². The molecule has 0 spiro atoms. The number of pyridine rings is 1. The van der Waals surface area contributed by atoms with Crippen molar-refractivity contribution in [1.29, 1.82) is 5.26 Å². The van der Waals surface area contributed by atoms with Gasteiger partial charge in [0, 0.05) is 41.9 Å². The molecule has 4 rings (SSSR count). The second-order valence-corrected chi connectivity index (χ2v) is 11.9. The second-order valence-electron chi connectivity index (χ2n) is 11.5. The normalized spacial score (nSPS) is 10.8. The Kier molecular flexibility index (Phi) is 12.2. The summed E-state index contributed by atoms with van der Waals surface area (Å²) < 4.78 is 21.4. The fourth-order valence-corrected chi connectivity index (χ4v) is 4.82. The third-order valence-electron chi connectivity index (χ3n) is 6.78. The number of amides is 3. The van der Waals surface area contributed by atoms with Gasteiger partial charge < -0.3 is 34.9 Å². The number of carbonyl (C=O) groups excluding carboxylic acids is 3. The van der Waals surface area contributed by atoms with E-state index in [0.717, 1.165) is 0 Å². The number of nitrogens with one attached hydrogen (secondary N) is 3. The second kappa shape index (κ2) is 16.5. The largest absolute Gasteiger partial charge is 0.496 e. The smallest absolute Gasteiger partial charge is 0.407 e. The van der Waals surface area contributed by atoms with Crippen LogP contribution < -0.4 is 25.4 Å². The first-order valence-corrected chi connectivity index (χ1v) is 15.5. The zero-order valence-electron chi connectivity index (χ0n) is 27.7. The molecule has 1 heterocycles. The third kappa shape index (κ3) is 9.70. The van der Waals surface area contributed by atoms with Crippen molar-refractivity contribution >= 4 is 35.3 Å². The molecular formula is C36H36ClN5O7. The summed E-state index contributed by atoms with van der Waals surface area (Å²) >= 11 is 6.27. The van der Waals surface area contributed by atoms with Crippen molar-refractivity contribution in [2.45, 2.75) is 26.4 Å². The van der Waals surface area contributed by atoms with E-state index in [1.54, 1.807) is 93.6 Å². The predicted octanol–water partition coefficient (Wildman–Crippen LogP) is 6.44. The number of para-hydroxylation sites is 1. The highest BCUT2D eigenvalue weighted by Crippen LogP contribution is 2.37. The molecule has 12 nitrogen and oxygen atoms in total. The van der Waals surface area contributed by atoms with E-state index < -0.39 is 23.5 Å². The van der Waals surface area contributed by atoms with E-state index in [1.165, 1.54) is 14.2 Å². The van der Waals surface area contributed by atoms with Crippen LogP contribution in [-0.4, -0.2) is 62.6 Å². The molecule has 1 aromatic heterocycles. The topological polar surface area (TPSA) is 161 Å². The number of aromatic nitrogens is 1. The van der Waals surface area contributed by atoms with Crippen molar-refractivity contribution in [1.82, 2.24) is 15.6 Å². The molecule has 49 heavy (non-hydrogen) atoms. The van der Waals surface area contributed by atoms with Crippen LogP contribution in [0.2, 0.25) is 5.02 Å². The van der Waals surface area contributed by atoms with E-state index in [9.17, 15) is 19.6 Å². The lowest BCUT2D eigenvalue weighted by Crippen LogP contribution is -2.37. The van der Waals surface area contributed by atoms with E-state index in [-0.39, 0.29) is 36.8 Å². The van der Waals surface area contributed by atoms with Gasteiger partial charge in [-0.3, -0.25) is 9.59 Å². The highest BCUT2D eigenvalue weighted by molar-refractivity contribution is 6.30. The van der Waals surface area contributed by atoms with Crippen LogP contribution in [0.5, 0.6) is 11.5 Å². The lowest BCUT2D eigenvalue weighted by molar-refractivity contribution is 0.0514. The van der Waals surface area contributed by atoms with Gasteiger partial charge in [-0.05, 0) is 74.9 Å². The first-order chi connectivity index (χ1) is 23.4. The lowest BCUT2D eigenvalue weighted by atomic mass is 9.96. The summed E-state index contributed by atoms with van der Waals surface area (Å²) in [6.45, 7) is 5.49. The molecule has 0 unspecified atom stereocenters. The maximum atomic E-state index is 13.5. The van der Waals surface area contributed by atoms with Crippen molar-refractivity contribution < 1.29 is 33.3 Å². The van der Waals surface area contributed by atoms with Crippen LogP contribution in [0, 0.1) is 11.3 Å². The Morgan fingerprint density at radius 1 is 0.878 bits per heavy atom. The van der Waals surface area contributed by atoms with Gasteiger partial charge in [-0.15, -0.1) is 0 Å². The Morgan fingerprint density at radius 2 is 1.63 bits per heavy atom. The summed E-state index contributed by atoms with van der Waals surface area (Å²) in [5.74, 6) is -0.292. The van der Waals surface area contributed by atoms with Gasteiger partial charge in [0.25, 0.3) is 11.8 Å². The molecule has 0 atom stereocenters. The maximum Gasteiger partial charge on any atom is 0.407 e. The summed E-state index contributed by atoms with van der Waals surface area (Å²) in [6.07, 6.45) is -0.591. The molecule has 0 bridgehead atoms. The lowest BCUT2D eigenvalue weighted by Gasteiger charge is -2.19. The molecule has 0 aliphatic heterocycles.